The minimum Gasteiger partial charge on any atom is -0.354 e. The normalized spacial score (nSPS) is 12.0. The molecule has 3 rings (SSSR count). The summed E-state index contributed by atoms with van der Waals surface area (Å²) in [6.07, 6.45) is 1.68. The van der Waals surface area contributed by atoms with Crippen LogP contribution in [0.4, 0.5) is 5.69 Å². The molecule has 1 atom stereocenters. The van der Waals surface area contributed by atoms with Crippen molar-refractivity contribution < 1.29 is 18.0 Å². The van der Waals surface area contributed by atoms with Gasteiger partial charge in [-0.05, 0) is 55.3 Å². The highest BCUT2D eigenvalue weighted by Crippen LogP contribution is 2.31. The van der Waals surface area contributed by atoms with Crippen LogP contribution in [-0.4, -0.2) is 44.3 Å². The van der Waals surface area contributed by atoms with Crippen LogP contribution in [0.5, 0.6) is 0 Å². The molecule has 0 saturated heterocycles. The number of rotatable bonds is 12. The molecule has 1 N–H and O–H groups in total. The maximum Gasteiger partial charge on any atom is 0.264 e. The van der Waals surface area contributed by atoms with Crippen molar-refractivity contribution in [3.63, 3.8) is 0 Å². The molecule has 0 heterocycles. The quantitative estimate of drug-likeness (QED) is 0.248. The molecule has 0 aliphatic carbocycles. The first-order valence-corrected chi connectivity index (χ1v) is 15.0. The van der Waals surface area contributed by atoms with Gasteiger partial charge in [-0.25, -0.2) is 8.42 Å². The predicted octanol–water partition coefficient (Wildman–Crippen LogP) is 6.18. The van der Waals surface area contributed by atoms with Gasteiger partial charge in [0, 0.05) is 18.1 Å². The molecule has 2 amide bonds. The number of carbonyl (C=O) groups is 2. The molecule has 0 aliphatic rings. The molecule has 11 heteroatoms. The van der Waals surface area contributed by atoms with Crippen LogP contribution >= 0.6 is 34.8 Å². The van der Waals surface area contributed by atoms with Crippen molar-refractivity contribution in [2.24, 2.45) is 0 Å². The highest BCUT2D eigenvalue weighted by molar-refractivity contribution is 7.92. The Bertz CT molecular complexity index is 1400. The van der Waals surface area contributed by atoms with Crippen molar-refractivity contribution in [3.05, 3.63) is 93.4 Å². The molecule has 0 unspecified atom stereocenters. The second-order valence-electron chi connectivity index (χ2n) is 8.86. The van der Waals surface area contributed by atoms with E-state index in [9.17, 15) is 18.0 Å². The summed E-state index contributed by atoms with van der Waals surface area (Å²) in [6.45, 7) is 3.48. The maximum atomic E-state index is 13.9. The smallest absolute Gasteiger partial charge is 0.264 e. The molecule has 0 spiro atoms. The third-order valence-corrected chi connectivity index (χ3v) is 8.99. The summed E-state index contributed by atoms with van der Waals surface area (Å²) < 4.78 is 28.5. The summed E-state index contributed by atoms with van der Waals surface area (Å²) in [5.41, 5.74) is 0.770. The number of nitrogens with one attached hydrogen (secondary N) is 1. The molecule has 7 nitrogen and oxygen atoms in total. The third kappa shape index (κ3) is 7.88. The van der Waals surface area contributed by atoms with Gasteiger partial charge in [0.25, 0.3) is 10.0 Å². The average Bonchev–Trinajstić information content (AvgIpc) is 2.92. The summed E-state index contributed by atoms with van der Waals surface area (Å²) in [6, 6.07) is 18.1. The molecule has 0 saturated carbocycles. The number of carbonyl (C=O) groups excluding carboxylic acids is 2. The van der Waals surface area contributed by atoms with E-state index >= 15 is 0 Å². The van der Waals surface area contributed by atoms with Crippen molar-refractivity contribution >= 4 is 62.3 Å². The zero-order valence-corrected chi connectivity index (χ0v) is 24.7. The van der Waals surface area contributed by atoms with Crippen LogP contribution in [0.25, 0.3) is 0 Å². The zero-order valence-electron chi connectivity index (χ0n) is 21.6. The highest BCUT2D eigenvalue weighted by Gasteiger charge is 2.33. The summed E-state index contributed by atoms with van der Waals surface area (Å²) in [7, 11) is -4.20. The molecular formula is C28H30Cl3N3O4S. The van der Waals surface area contributed by atoms with Crippen LogP contribution in [-0.2, 0) is 26.2 Å². The van der Waals surface area contributed by atoms with Crippen LogP contribution < -0.4 is 9.62 Å². The Labute approximate surface area is 244 Å². The second-order valence-corrected chi connectivity index (χ2v) is 11.9. The number of sulfonamides is 1. The number of hydrogen-bond acceptors (Lipinski definition) is 4. The Hall–Kier alpha value is -2.78. The lowest BCUT2D eigenvalue weighted by molar-refractivity contribution is -0.139. The maximum absolute atomic E-state index is 13.9. The van der Waals surface area contributed by atoms with Crippen molar-refractivity contribution in [3.8, 4) is 0 Å². The number of halogens is 3. The van der Waals surface area contributed by atoms with Crippen molar-refractivity contribution in [2.75, 3.05) is 17.4 Å². The predicted molar refractivity (Wildman–Crippen MR) is 157 cm³/mol. The Morgan fingerprint density at radius 1 is 0.897 bits per heavy atom. The molecule has 0 fully saturated rings. The van der Waals surface area contributed by atoms with Crippen LogP contribution in [0.3, 0.4) is 0 Å². The van der Waals surface area contributed by atoms with E-state index in [1.807, 2.05) is 6.92 Å². The summed E-state index contributed by atoms with van der Waals surface area (Å²) >= 11 is 18.7. The molecule has 0 aliphatic heterocycles. The van der Waals surface area contributed by atoms with Gasteiger partial charge in [-0.2, -0.15) is 0 Å². The number of amides is 2. The first kappa shape index (κ1) is 30.8. The monoisotopic (exact) mass is 609 g/mol. The highest BCUT2D eigenvalue weighted by atomic mass is 35.5. The van der Waals surface area contributed by atoms with Gasteiger partial charge in [-0.1, -0.05) is 84.5 Å². The van der Waals surface area contributed by atoms with Gasteiger partial charge >= 0.3 is 0 Å². The van der Waals surface area contributed by atoms with Crippen molar-refractivity contribution in [1.29, 1.82) is 0 Å². The van der Waals surface area contributed by atoms with E-state index in [1.165, 1.54) is 35.2 Å². The third-order valence-electron chi connectivity index (χ3n) is 6.10. The Balaban J connectivity index is 2.02. The van der Waals surface area contributed by atoms with E-state index in [-0.39, 0.29) is 33.1 Å². The minimum absolute atomic E-state index is 0.00146. The SMILES string of the molecule is CCCCNC(=O)[C@@H](C)N(Cc1ccccc1Cl)C(=O)CN(c1ccc(Cl)c(Cl)c1)S(=O)(=O)c1ccccc1. The minimum atomic E-state index is -4.20. The van der Waals surface area contributed by atoms with E-state index in [0.717, 1.165) is 17.1 Å². The summed E-state index contributed by atoms with van der Waals surface area (Å²) in [5, 5.41) is 3.64. The molecular weight excluding hydrogens is 581 g/mol. The first-order valence-electron chi connectivity index (χ1n) is 12.4. The van der Waals surface area contributed by atoms with Crippen LogP contribution in [0.1, 0.15) is 32.3 Å². The van der Waals surface area contributed by atoms with E-state index < -0.39 is 28.5 Å². The number of hydrogen-bond donors (Lipinski definition) is 1. The number of unbranched alkanes of at least 4 members (excludes halogenated alkanes) is 1. The van der Waals surface area contributed by atoms with E-state index in [0.29, 0.717) is 17.1 Å². The fourth-order valence-electron chi connectivity index (χ4n) is 3.82. The topological polar surface area (TPSA) is 86.8 Å². The van der Waals surface area contributed by atoms with Crippen molar-refractivity contribution in [2.45, 2.75) is 44.2 Å². The zero-order chi connectivity index (χ0) is 28.6. The van der Waals surface area contributed by atoms with Crippen LogP contribution in [0.2, 0.25) is 15.1 Å². The molecule has 0 aromatic heterocycles. The Morgan fingerprint density at radius 3 is 2.21 bits per heavy atom. The molecule has 3 aromatic rings. The molecule has 0 radical (unpaired) electrons. The van der Waals surface area contributed by atoms with Gasteiger partial charge in [0.1, 0.15) is 12.6 Å². The standard InChI is InChI=1S/C28H30Cl3N3O4S/c1-3-4-16-32-28(36)20(2)33(18-21-10-8-9-13-24(21)29)27(35)19-34(22-14-15-25(30)26(31)17-22)39(37,38)23-11-6-5-7-12-23/h5-15,17,20H,3-4,16,18-19H2,1-2H3,(H,32,36)/t20-/m1/s1. The lowest BCUT2D eigenvalue weighted by atomic mass is 10.1. The number of anilines is 1. The molecule has 39 heavy (non-hydrogen) atoms. The second kappa shape index (κ2) is 14.0. The van der Waals surface area contributed by atoms with E-state index in [4.69, 9.17) is 34.8 Å². The summed E-state index contributed by atoms with van der Waals surface area (Å²) in [4.78, 5) is 28.2. The molecule has 208 valence electrons. The molecule has 3 aromatic carbocycles. The van der Waals surface area contributed by atoms with Gasteiger partial charge in [-0.3, -0.25) is 13.9 Å². The van der Waals surface area contributed by atoms with E-state index in [1.54, 1.807) is 49.4 Å². The van der Waals surface area contributed by atoms with E-state index in [2.05, 4.69) is 5.32 Å². The van der Waals surface area contributed by atoms with Crippen molar-refractivity contribution in [1.82, 2.24) is 10.2 Å². The number of nitrogens with zero attached hydrogens (tertiary/aromatic N) is 2. The van der Waals surface area contributed by atoms with Gasteiger partial charge in [-0.15, -0.1) is 0 Å². The lowest BCUT2D eigenvalue weighted by Gasteiger charge is -2.32. The van der Waals surface area contributed by atoms with Crippen LogP contribution in [0.15, 0.2) is 77.7 Å². The Kier molecular flexibility index (Phi) is 11.1. The van der Waals surface area contributed by atoms with Crippen LogP contribution in [0, 0.1) is 0 Å². The fraction of sp³-hybridized carbons (Fsp3) is 0.286. The van der Waals surface area contributed by atoms with Gasteiger partial charge in [0.05, 0.1) is 20.6 Å². The first-order chi connectivity index (χ1) is 18.6. The van der Waals surface area contributed by atoms with Gasteiger partial charge < -0.3 is 10.2 Å². The average molecular weight is 611 g/mol. The lowest BCUT2D eigenvalue weighted by Crippen LogP contribution is -2.51. The number of benzene rings is 3. The fourth-order valence-corrected chi connectivity index (χ4v) is 5.73. The molecule has 0 bridgehead atoms. The van der Waals surface area contributed by atoms with Gasteiger partial charge in [0.2, 0.25) is 11.8 Å². The Morgan fingerprint density at radius 2 is 1.56 bits per heavy atom. The van der Waals surface area contributed by atoms with Gasteiger partial charge in [0.15, 0.2) is 0 Å². The summed E-state index contributed by atoms with van der Waals surface area (Å²) in [5.74, 6) is -0.950. The largest absolute Gasteiger partial charge is 0.354 e.